The number of imidazole rings is 1. The van der Waals surface area contributed by atoms with Crippen molar-refractivity contribution in [1.82, 2.24) is 9.55 Å². The highest BCUT2D eigenvalue weighted by molar-refractivity contribution is 14.1. The minimum absolute atomic E-state index is 0.359. The van der Waals surface area contributed by atoms with Crippen molar-refractivity contribution in [3.8, 4) is 5.69 Å². The van der Waals surface area contributed by atoms with E-state index in [9.17, 15) is 0 Å². The van der Waals surface area contributed by atoms with Gasteiger partial charge in [0.25, 0.3) is 0 Å². The van der Waals surface area contributed by atoms with E-state index in [0.717, 1.165) is 22.5 Å². The van der Waals surface area contributed by atoms with Gasteiger partial charge in [0, 0.05) is 14.3 Å². The van der Waals surface area contributed by atoms with Crippen molar-refractivity contribution in [3.63, 3.8) is 0 Å². The summed E-state index contributed by atoms with van der Waals surface area (Å²) < 4.78 is 3.26. The lowest BCUT2D eigenvalue weighted by Gasteiger charge is -2.07. The van der Waals surface area contributed by atoms with Gasteiger partial charge in [0.1, 0.15) is 5.82 Å². The van der Waals surface area contributed by atoms with Crippen molar-refractivity contribution >= 4 is 56.8 Å². The normalized spacial score (nSPS) is 11.1. The van der Waals surface area contributed by atoms with Crippen LogP contribution in [-0.2, 0) is 5.88 Å². The van der Waals surface area contributed by atoms with Crippen LogP contribution in [0.15, 0.2) is 42.5 Å². The fourth-order valence-corrected chi connectivity index (χ4v) is 2.78. The average molecular weight is 403 g/mol. The Hall–Kier alpha value is -0.780. The fraction of sp³-hybridized carbons (Fsp3) is 0.0714. The summed E-state index contributed by atoms with van der Waals surface area (Å²) in [5.74, 6) is 1.18. The van der Waals surface area contributed by atoms with Gasteiger partial charge < -0.3 is 0 Å². The molecule has 0 aliphatic carbocycles. The van der Waals surface area contributed by atoms with Crippen LogP contribution in [0.25, 0.3) is 16.7 Å². The Morgan fingerprint density at radius 3 is 2.53 bits per heavy atom. The molecule has 0 radical (unpaired) electrons. The Kier molecular flexibility index (Phi) is 3.69. The second kappa shape index (κ2) is 5.31. The first kappa shape index (κ1) is 13.2. The molecular formula is C14H9Cl2IN2. The zero-order valence-corrected chi connectivity index (χ0v) is 13.4. The zero-order chi connectivity index (χ0) is 13.4. The maximum atomic E-state index is 6.01. The molecular weight excluding hydrogens is 394 g/mol. The van der Waals surface area contributed by atoms with Crippen molar-refractivity contribution in [1.29, 1.82) is 0 Å². The van der Waals surface area contributed by atoms with Crippen molar-refractivity contribution in [3.05, 3.63) is 56.9 Å². The van der Waals surface area contributed by atoms with Crippen molar-refractivity contribution in [2.45, 2.75) is 5.88 Å². The topological polar surface area (TPSA) is 17.8 Å². The molecule has 0 fully saturated rings. The molecule has 0 saturated carbocycles. The third kappa shape index (κ3) is 2.47. The van der Waals surface area contributed by atoms with Gasteiger partial charge in [-0.25, -0.2) is 4.98 Å². The quantitative estimate of drug-likeness (QED) is 0.434. The molecule has 96 valence electrons. The number of hydrogen-bond donors (Lipinski definition) is 0. The molecule has 3 rings (SSSR count). The summed E-state index contributed by atoms with van der Waals surface area (Å²) in [6.07, 6.45) is 0. The van der Waals surface area contributed by atoms with Crippen LogP contribution in [0.2, 0.25) is 5.02 Å². The largest absolute Gasteiger partial charge is 0.295 e. The predicted molar refractivity (Wildman–Crippen MR) is 88.4 cm³/mol. The molecule has 0 spiro atoms. The molecule has 0 amide bonds. The molecule has 19 heavy (non-hydrogen) atoms. The summed E-state index contributed by atoms with van der Waals surface area (Å²) in [5.41, 5.74) is 2.93. The lowest BCUT2D eigenvalue weighted by Crippen LogP contribution is -1.99. The zero-order valence-electron chi connectivity index (χ0n) is 9.78. The van der Waals surface area contributed by atoms with Gasteiger partial charge in [-0.05, 0) is 65.1 Å². The van der Waals surface area contributed by atoms with E-state index in [-0.39, 0.29) is 0 Å². The maximum Gasteiger partial charge on any atom is 0.129 e. The van der Waals surface area contributed by atoms with E-state index in [1.807, 2.05) is 18.2 Å². The van der Waals surface area contributed by atoms with Gasteiger partial charge in [0.2, 0.25) is 0 Å². The first-order chi connectivity index (χ1) is 9.19. The van der Waals surface area contributed by atoms with Gasteiger partial charge in [-0.2, -0.15) is 0 Å². The molecule has 0 saturated heterocycles. The lowest BCUT2D eigenvalue weighted by molar-refractivity contribution is 0.981. The van der Waals surface area contributed by atoms with E-state index in [0.29, 0.717) is 10.9 Å². The van der Waals surface area contributed by atoms with Gasteiger partial charge in [-0.1, -0.05) is 11.6 Å². The summed E-state index contributed by atoms with van der Waals surface area (Å²) in [6.45, 7) is 0. The first-order valence-electron chi connectivity index (χ1n) is 5.68. The molecule has 0 aliphatic heterocycles. The minimum atomic E-state index is 0.359. The van der Waals surface area contributed by atoms with E-state index in [4.69, 9.17) is 23.2 Å². The van der Waals surface area contributed by atoms with E-state index in [1.165, 1.54) is 3.57 Å². The summed E-state index contributed by atoms with van der Waals surface area (Å²) in [4.78, 5) is 4.54. The van der Waals surface area contributed by atoms with Gasteiger partial charge in [0.15, 0.2) is 0 Å². The maximum absolute atomic E-state index is 6.01. The van der Waals surface area contributed by atoms with Crippen LogP contribution in [0.1, 0.15) is 5.82 Å². The van der Waals surface area contributed by atoms with Crippen LogP contribution < -0.4 is 0 Å². The third-order valence-corrected chi connectivity index (χ3v) is 4.08. The molecule has 0 atom stereocenters. The van der Waals surface area contributed by atoms with E-state index < -0.39 is 0 Å². The molecule has 0 N–H and O–H groups in total. The van der Waals surface area contributed by atoms with Gasteiger partial charge >= 0.3 is 0 Å². The summed E-state index contributed by atoms with van der Waals surface area (Å²) in [7, 11) is 0. The summed E-state index contributed by atoms with van der Waals surface area (Å²) in [6, 6.07) is 14.0. The summed E-state index contributed by atoms with van der Waals surface area (Å²) in [5, 5.41) is 0.681. The van der Waals surface area contributed by atoms with E-state index >= 15 is 0 Å². The Morgan fingerprint density at radius 1 is 1.11 bits per heavy atom. The Balaban J connectivity index is 2.29. The number of halogens is 3. The number of nitrogens with zero attached hydrogens (tertiary/aromatic N) is 2. The highest BCUT2D eigenvalue weighted by atomic mass is 127. The fourth-order valence-electron chi connectivity index (χ4n) is 2.07. The van der Waals surface area contributed by atoms with Crippen molar-refractivity contribution in [2.24, 2.45) is 0 Å². The Morgan fingerprint density at radius 2 is 1.84 bits per heavy atom. The lowest BCUT2D eigenvalue weighted by atomic mass is 10.3. The number of alkyl halides is 1. The molecule has 1 aromatic heterocycles. The third-order valence-electron chi connectivity index (χ3n) is 2.89. The molecule has 0 bridgehead atoms. The second-order valence-corrected chi connectivity index (χ2v) is 6.06. The minimum Gasteiger partial charge on any atom is -0.295 e. The number of rotatable bonds is 2. The van der Waals surface area contributed by atoms with Gasteiger partial charge in [-0.3, -0.25) is 4.57 Å². The smallest absolute Gasteiger partial charge is 0.129 e. The molecule has 5 heteroatoms. The molecule has 3 aromatic rings. The molecule has 0 aliphatic rings. The van der Waals surface area contributed by atoms with Gasteiger partial charge in [0.05, 0.1) is 16.9 Å². The molecule has 2 aromatic carbocycles. The number of fused-ring (bicyclic) bond motifs is 1. The van der Waals surface area contributed by atoms with Crippen molar-refractivity contribution in [2.75, 3.05) is 0 Å². The van der Waals surface area contributed by atoms with Crippen LogP contribution in [0, 0.1) is 3.57 Å². The van der Waals surface area contributed by atoms with Crippen LogP contribution in [0.5, 0.6) is 0 Å². The number of hydrogen-bond acceptors (Lipinski definition) is 1. The Bertz CT molecular complexity index is 735. The first-order valence-corrected chi connectivity index (χ1v) is 7.67. The van der Waals surface area contributed by atoms with Crippen LogP contribution in [0.3, 0.4) is 0 Å². The average Bonchev–Trinajstić information content (AvgIpc) is 2.77. The highest BCUT2D eigenvalue weighted by Gasteiger charge is 2.11. The van der Waals surface area contributed by atoms with Crippen LogP contribution in [0.4, 0.5) is 0 Å². The SMILES string of the molecule is ClCc1nc2cc(Cl)ccc2n1-c1ccc(I)cc1. The highest BCUT2D eigenvalue weighted by Crippen LogP contribution is 2.25. The van der Waals surface area contributed by atoms with E-state index in [2.05, 4.69) is 56.4 Å². The second-order valence-electron chi connectivity index (χ2n) is 4.11. The molecule has 0 unspecified atom stereocenters. The Labute approximate surface area is 134 Å². The predicted octanol–water partition coefficient (Wildman–Crippen LogP) is 5.02. The summed E-state index contributed by atoms with van der Waals surface area (Å²) >= 11 is 14.3. The number of aromatic nitrogens is 2. The van der Waals surface area contributed by atoms with Gasteiger partial charge in [-0.15, -0.1) is 11.6 Å². The monoisotopic (exact) mass is 402 g/mol. The van der Waals surface area contributed by atoms with Crippen LogP contribution in [-0.4, -0.2) is 9.55 Å². The van der Waals surface area contributed by atoms with E-state index in [1.54, 1.807) is 0 Å². The molecule has 2 nitrogen and oxygen atoms in total. The van der Waals surface area contributed by atoms with Crippen LogP contribution >= 0.6 is 45.8 Å². The number of benzene rings is 2. The van der Waals surface area contributed by atoms with Crippen molar-refractivity contribution < 1.29 is 0 Å². The molecule has 1 heterocycles. The standard InChI is InChI=1S/C14H9Cl2IN2/c15-8-14-18-12-7-9(16)1-6-13(12)19(14)11-4-2-10(17)3-5-11/h1-7H,8H2.